The Labute approximate surface area is 341 Å². The first-order valence-electron chi connectivity index (χ1n) is 21.3. The average Bonchev–Trinajstić information content (AvgIpc) is 3.18. The van der Waals surface area contributed by atoms with Gasteiger partial charge in [-0.3, -0.25) is 13.8 Å². The number of aliphatic carboxylic acids is 1. The van der Waals surface area contributed by atoms with Gasteiger partial charge in [-0.2, -0.15) is 0 Å². The Balaban J connectivity index is 4.34. The van der Waals surface area contributed by atoms with Crippen LogP contribution in [0.25, 0.3) is 0 Å². The summed E-state index contributed by atoms with van der Waals surface area (Å²) < 4.78 is 33.9. The van der Waals surface area contributed by atoms with E-state index in [1.807, 2.05) is 0 Å². The van der Waals surface area contributed by atoms with Crippen molar-refractivity contribution in [3.63, 3.8) is 0 Å². The predicted octanol–water partition coefficient (Wildman–Crippen LogP) is 12.2. The van der Waals surface area contributed by atoms with E-state index in [-0.39, 0.29) is 13.2 Å². The molecule has 0 bridgehead atoms. The zero-order valence-electron chi connectivity index (χ0n) is 34.9. The highest BCUT2D eigenvalue weighted by Crippen LogP contribution is 2.43. The molecule has 3 unspecified atom stereocenters. The van der Waals surface area contributed by atoms with Crippen molar-refractivity contribution in [2.45, 2.75) is 154 Å². The van der Waals surface area contributed by atoms with Crippen molar-refractivity contribution in [1.29, 1.82) is 0 Å². The van der Waals surface area contributed by atoms with Crippen molar-refractivity contribution in [3.8, 4) is 0 Å². The number of rotatable bonds is 40. The predicted molar refractivity (Wildman–Crippen MR) is 235 cm³/mol. The SMILES string of the molecule is CCCCC/C=C\C/C=C\C/C=C\C/C=C\CCCCOCC(COP(=O)(O)OCC(N)C(=O)O)OCCCC/C=C\C/C=C\C/C=C\C/C=C\CCCCC. The van der Waals surface area contributed by atoms with Gasteiger partial charge in [-0.25, -0.2) is 4.57 Å². The molecule has 0 saturated carbocycles. The normalized spacial score (nSPS) is 15.1. The summed E-state index contributed by atoms with van der Waals surface area (Å²) in [6.45, 7) is 4.73. The molecule has 4 N–H and O–H groups in total. The third-order valence-electron chi connectivity index (χ3n) is 8.40. The van der Waals surface area contributed by atoms with Crippen LogP contribution in [0.3, 0.4) is 0 Å². The standard InChI is InChI=1S/C46H78NO8P/c1-3-5-7-9-11-13-15-17-19-21-23-25-27-29-31-33-35-37-39-52-41-44(42-54-56(50,51)55-43-45(47)46(48)49)53-40-38-36-34-32-30-28-26-24-22-20-18-16-14-12-10-8-6-4-2/h11-14,17-20,23-26,29-32,44-45H,3-10,15-16,21-22,27-28,33-43,47H2,1-2H3,(H,48,49)(H,50,51)/b13-11-,14-12-,19-17-,20-18-,25-23-,26-24-,31-29-,32-30-. The summed E-state index contributed by atoms with van der Waals surface area (Å²) in [5, 5.41) is 8.90. The zero-order chi connectivity index (χ0) is 41.1. The molecule has 3 atom stereocenters. The van der Waals surface area contributed by atoms with E-state index >= 15 is 0 Å². The fraction of sp³-hybridized carbons (Fsp3) is 0.630. The summed E-state index contributed by atoms with van der Waals surface area (Å²) in [5.74, 6) is -1.34. The average molecular weight is 804 g/mol. The lowest BCUT2D eigenvalue weighted by atomic mass is 10.2. The number of nitrogens with two attached hydrogens (primary N) is 1. The summed E-state index contributed by atoms with van der Waals surface area (Å²) in [7, 11) is -4.52. The van der Waals surface area contributed by atoms with Crippen molar-refractivity contribution >= 4 is 13.8 Å². The van der Waals surface area contributed by atoms with E-state index in [1.165, 1.54) is 51.4 Å². The summed E-state index contributed by atoms with van der Waals surface area (Å²) >= 11 is 0. The molecule has 0 aliphatic carbocycles. The summed E-state index contributed by atoms with van der Waals surface area (Å²) in [5.41, 5.74) is 5.37. The molecule has 10 heteroatoms. The van der Waals surface area contributed by atoms with Gasteiger partial charge in [0.05, 0.1) is 19.8 Å². The molecular formula is C46H78NO8P. The van der Waals surface area contributed by atoms with Crippen LogP contribution >= 0.6 is 7.82 Å². The number of phosphoric ester groups is 1. The van der Waals surface area contributed by atoms with Crippen LogP contribution in [0, 0.1) is 0 Å². The molecule has 0 fully saturated rings. The minimum Gasteiger partial charge on any atom is -0.480 e. The summed E-state index contributed by atoms with van der Waals surface area (Å²) in [6, 6.07) is -1.43. The first kappa shape index (κ1) is 53.4. The maximum atomic E-state index is 12.3. The fourth-order valence-electron chi connectivity index (χ4n) is 5.02. The number of hydrogen-bond acceptors (Lipinski definition) is 7. The molecular weight excluding hydrogens is 725 g/mol. The summed E-state index contributed by atoms with van der Waals surface area (Å²) in [4.78, 5) is 20.9. The Hall–Kier alpha value is -2.62. The number of carboxylic acid groups (broad SMARTS) is 1. The van der Waals surface area contributed by atoms with Gasteiger partial charge >= 0.3 is 13.8 Å². The van der Waals surface area contributed by atoms with Crippen molar-refractivity contribution in [2.75, 3.05) is 33.0 Å². The number of hydrogen-bond donors (Lipinski definition) is 3. The molecule has 0 rings (SSSR count). The molecule has 0 aromatic rings. The zero-order valence-corrected chi connectivity index (χ0v) is 35.8. The molecule has 0 aliphatic rings. The van der Waals surface area contributed by atoms with Gasteiger partial charge in [0.2, 0.25) is 0 Å². The Bertz CT molecular complexity index is 1190. The number of carbonyl (C=O) groups is 1. The van der Waals surface area contributed by atoms with E-state index in [2.05, 4.69) is 111 Å². The van der Waals surface area contributed by atoms with E-state index in [1.54, 1.807) is 0 Å². The molecule has 56 heavy (non-hydrogen) atoms. The van der Waals surface area contributed by atoms with Gasteiger partial charge in [-0.1, -0.05) is 137 Å². The van der Waals surface area contributed by atoms with Crippen LogP contribution in [0.2, 0.25) is 0 Å². The van der Waals surface area contributed by atoms with Crippen LogP contribution in [0.15, 0.2) is 97.2 Å². The first-order valence-corrected chi connectivity index (χ1v) is 22.8. The fourth-order valence-corrected chi connectivity index (χ4v) is 5.80. The topological polar surface area (TPSA) is 138 Å². The lowest BCUT2D eigenvalue weighted by molar-refractivity contribution is -0.139. The lowest BCUT2D eigenvalue weighted by Gasteiger charge is -2.20. The Kier molecular flexibility index (Phi) is 40.0. The van der Waals surface area contributed by atoms with Gasteiger partial charge in [-0.05, 0) is 103 Å². The van der Waals surface area contributed by atoms with Crippen LogP contribution in [0.1, 0.15) is 142 Å². The van der Waals surface area contributed by atoms with E-state index in [9.17, 15) is 14.3 Å². The van der Waals surface area contributed by atoms with Gasteiger partial charge in [-0.15, -0.1) is 0 Å². The molecule has 0 saturated heterocycles. The van der Waals surface area contributed by atoms with Crippen LogP contribution in [-0.2, 0) is 27.9 Å². The number of carboxylic acids is 1. The van der Waals surface area contributed by atoms with Crippen LogP contribution in [0.5, 0.6) is 0 Å². The monoisotopic (exact) mass is 804 g/mol. The molecule has 0 amide bonds. The molecule has 0 aliphatic heterocycles. The first-order chi connectivity index (χ1) is 27.3. The second-order valence-corrected chi connectivity index (χ2v) is 15.2. The van der Waals surface area contributed by atoms with Crippen LogP contribution in [-0.4, -0.2) is 61.1 Å². The van der Waals surface area contributed by atoms with Crippen molar-refractivity contribution in [2.24, 2.45) is 5.73 Å². The Morgan fingerprint density at radius 3 is 1.29 bits per heavy atom. The highest BCUT2D eigenvalue weighted by Gasteiger charge is 2.26. The molecule has 320 valence electrons. The molecule has 0 heterocycles. The third kappa shape index (κ3) is 41.0. The van der Waals surface area contributed by atoms with E-state index in [4.69, 9.17) is 29.4 Å². The van der Waals surface area contributed by atoms with Crippen molar-refractivity contribution in [1.82, 2.24) is 0 Å². The molecule has 0 aromatic carbocycles. The van der Waals surface area contributed by atoms with Crippen LogP contribution in [0.4, 0.5) is 0 Å². The van der Waals surface area contributed by atoms with Crippen molar-refractivity contribution < 1.29 is 37.9 Å². The minimum atomic E-state index is -4.52. The lowest BCUT2D eigenvalue weighted by Crippen LogP contribution is -2.34. The molecule has 9 nitrogen and oxygen atoms in total. The minimum absolute atomic E-state index is 0.191. The van der Waals surface area contributed by atoms with E-state index in [0.717, 1.165) is 77.0 Å². The van der Waals surface area contributed by atoms with Gasteiger partial charge in [0, 0.05) is 13.2 Å². The summed E-state index contributed by atoms with van der Waals surface area (Å²) in [6.07, 6.45) is 56.1. The van der Waals surface area contributed by atoms with Gasteiger partial charge < -0.3 is 25.2 Å². The quantitative estimate of drug-likeness (QED) is 0.0314. The Morgan fingerprint density at radius 1 is 0.536 bits per heavy atom. The van der Waals surface area contributed by atoms with Gasteiger partial charge in [0.25, 0.3) is 0 Å². The molecule has 0 radical (unpaired) electrons. The number of phosphoric acid groups is 1. The number of allylic oxidation sites excluding steroid dienone is 16. The number of ether oxygens (including phenoxy) is 2. The maximum Gasteiger partial charge on any atom is 0.472 e. The van der Waals surface area contributed by atoms with E-state index < -0.39 is 32.5 Å². The second kappa shape index (κ2) is 42.0. The van der Waals surface area contributed by atoms with Crippen molar-refractivity contribution in [3.05, 3.63) is 97.2 Å². The largest absolute Gasteiger partial charge is 0.480 e. The van der Waals surface area contributed by atoms with E-state index in [0.29, 0.717) is 13.2 Å². The smallest absolute Gasteiger partial charge is 0.472 e. The van der Waals surface area contributed by atoms with Crippen LogP contribution < -0.4 is 5.73 Å². The van der Waals surface area contributed by atoms with Gasteiger partial charge in [0.1, 0.15) is 12.1 Å². The number of unbranched alkanes of at least 4 members (excludes halogenated alkanes) is 10. The highest BCUT2D eigenvalue weighted by molar-refractivity contribution is 7.47. The molecule has 0 aromatic heterocycles. The van der Waals surface area contributed by atoms with Gasteiger partial charge in [0.15, 0.2) is 0 Å². The highest BCUT2D eigenvalue weighted by atomic mass is 31.2. The Morgan fingerprint density at radius 2 is 0.893 bits per heavy atom. The second-order valence-electron chi connectivity index (χ2n) is 13.7. The maximum absolute atomic E-state index is 12.3. The third-order valence-corrected chi connectivity index (χ3v) is 9.36. The molecule has 0 spiro atoms.